The van der Waals surface area contributed by atoms with Crippen LogP contribution in [0.3, 0.4) is 0 Å². The number of nitrogens with zero attached hydrogens (tertiary/aromatic N) is 2. The lowest BCUT2D eigenvalue weighted by Gasteiger charge is -2.19. The van der Waals surface area contributed by atoms with Crippen molar-refractivity contribution in [2.24, 2.45) is 7.05 Å². The van der Waals surface area contributed by atoms with Gasteiger partial charge in [0, 0.05) is 19.5 Å². The van der Waals surface area contributed by atoms with Crippen molar-refractivity contribution in [2.75, 3.05) is 5.32 Å². The van der Waals surface area contributed by atoms with Crippen LogP contribution >= 0.6 is 0 Å². The molecule has 0 aliphatic heterocycles. The third-order valence-corrected chi connectivity index (χ3v) is 2.12. The molecule has 6 heteroatoms. The molecule has 0 aliphatic carbocycles. The van der Waals surface area contributed by atoms with Crippen molar-refractivity contribution in [3.8, 4) is 0 Å². The number of ketones is 1. The lowest BCUT2D eigenvalue weighted by Crippen LogP contribution is -2.27. The van der Waals surface area contributed by atoms with Crippen LogP contribution in [0.2, 0.25) is 0 Å². The summed E-state index contributed by atoms with van der Waals surface area (Å²) in [5.74, 6) is 0.365. The standard InChI is InChI=1S/C12H19N3O3/c1-6-9(16)8-7-10(15(5)14-8)13-11(17)18-12(2,3)4/h7H,6H2,1-5H3,(H,13,17). The van der Waals surface area contributed by atoms with Crippen molar-refractivity contribution in [1.82, 2.24) is 9.78 Å². The van der Waals surface area contributed by atoms with E-state index in [1.54, 1.807) is 34.7 Å². The highest BCUT2D eigenvalue weighted by molar-refractivity contribution is 5.95. The molecule has 0 unspecified atom stereocenters. The predicted molar refractivity (Wildman–Crippen MR) is 67.7 cm³/mol. The van der Waals surface area contributed by atoms with E-state index in [0.717, 1.165) is 0 Å². The smallest absolute Gasteiger partial charge is 0.413 e. The van der Waals surface area contributed by atoms with E-state index >= 15 is 0 Å². The fourth-order valence-corrected chi connectivity index (χ4v) is 1.31. The Balaban J connectivity index is 2.76. The highest BCUT2D eigenvalue weighted by atomic mass is 16.6. The fourth-order valence-electron chi connectivity index (χ4n) is 1.31. The van der Waals surface area contributed by atoms with E-state index in [0.29, 0.717) is 17.9 Å². The van der Waals surface area contributed by atoms with Gasteiger partial charge >= 0.3 is 6.09 Å². The molecule has 0 aliphatic rings. The number of nitrogens with one attached hydrogen (secondary N) is 1. The maximum atomic E-state index is 11.6. The van der Waals surface area contributed by atoms with E-state index in [4.69, 9.17) is 4.74 Å². The maximum Gasteiger partial charge on any atom is 0.413 e. The number of aromatic nitrogens is 2. The monoisotopic (exact) mass is 253 g/mol. The summed E-state index contributed by atoms with van der Waals surface area (Å²) in [6.45, 7) is 7.10. The van der Waals surface area contributed by atoms with Crippen LogP contribution in [0.4, 0.5) is 10.6 Å². The number of rotatable bonds is 3. The molecule has 1 heterocycles. The molecule has 0 spiro atoms. The maximum absolute atomic E-state index is 11.6. The van der Waals surface area contributed by atoms with E-state index in [1.165, 1.54) is 10.7 Å². The molecule has 1 N–H and O–H groups in total. The molecule has 1 aromatic heterocycles. The minimum absolute atomic E-state index is 0.0668. The van der Waals surface area contributed by atoms with E-state index < -0.39 is 11.7 Å². The van der Waals surface area contributed by atoms with Gasteiger partial charge in [0.2, 0.25) is 0 Å². The summed E-state index contributed by atoms with van der Waals surface area (Å²) in [5, 5.41) is 6.58. The first-order valence-electron chi connectivity index (χ1n) is 5.80. The van der Waals surface area contributed by atoms with Crippen LogP contribution in [0.25, 0.3) is 0 Å². The molecule has 1 amide bonds. The van der Waals surface area contributed by atoms with E-state index in [2.05, 4.69) is 10.4 Å². The van der Waals surface area contributed by atoms with Gasteiger partial charge in [-0.25, -0.2) is 4.79 Å². The first kappa shape index (κ1) is 14.2. The minimum atomic E-state index is -0.569. The molecule has 0 aromatic carbocycles. The van der Waals surface area contributed by atoms with Crippen molar-refractivity contribution in [3.63, 3.8) is 0 Å². The van der Waals surface area contributed by atoms with Gasteiger partial charge in [0.05, 0.1) is 0 Å². The molecule has 100 valence electrons. The molecule has 0 saturated heterocycles. The third kappa shape index (κ3) is 3.87. The zero-order valence-electron chi connectivity index (χ0n) is 11.4. The lowest BCUT2D eigenvalue weighted by atomic mass is 10.2. The van der Waals surface area contributed by atoms with E-state index in [-0.39, 0.29) is 5.78 Å². The number of aryl methyl sites for hydroxylation is 1. The molecule has 0 saturated carbocycles. The Morgan fingerprint density at radius 3 is 2.56 bits per heavy atom. The number of amides is 1. The Morgan fingerprint density at radius 2 is 2.06 bits per heavy atom. The first-order valence-corrected chi connectivity index (χ1v) is 5.80. The summed E-state index contributed by atoms with van der Waals surface area (Å²) in [6.07, 6.45) is -0.191. The Morgan fingerprint density at radius 1 is 1.44 bits per heavy atom. The second-order valence-corrected chi connectivity index (χ2v) is 4.94. The number of hydrogen-bond acceptors (Lipinski definition) is 4. The summed E-state index contributed by atoms with van der Waals surface area (Å²) >= 11 is 0. The van der Waals surface area contributed by atoms with Gasteiger partial charge in [-0.3, -0.25) is 14.8 Å². The average Bonchev–Trinajstić information content (AvgIpc) is 2.56. The molecule has 0 atom stereocenters. The van der Waals surface area contributed by atoms with Crippen molar-refractivity contribution < 1.29 is 14.3 Å². The summed E-state index contributed by atoms with van der Waals surface area (Å²) < 4.78 is 6.55. The van der Waals surface area contributed by atoms with Gasteiger partial charge in [0.1, 0.15) is 17.1 Å². The largest absolute Gasteiger partial charge is 0.444 e. The molecule has 6 nitrogen and oxygen atoms in total. The Labute approximate surface area is 106 Å². The summed E-state index contributed by atoms with van der Waals surface area (Å²) in [6, 6.07) is 1.54. The number of anilines is 1. The summed E-state index contributed by atoms with van der Waals surface area (Å²) in [5.41, 5.74) is -0.226. The van der Waals surface area contributed by atoms with Crippen LogP contribution in [-0.2, 0) is 11.8 Å². The number of ether oxygens (including phenoxy) is 1. The lowest BCUT2D eigenvalue weighted by molar-refractivity contribution is 0.0634. The normalized spacial score (nSPS) is 11.2. The number of carbonyl (C=O) groups is 2. The topological polar surface area (TPSA) is 73.2 Å². The quantitative estimate of drug-likeness (QED) is 0.839. The van der Waals surface area contributed by atoms with Crippen molar-refractivity contribution >= 4 is 17.7 Å². The molecule has 1 rings (SSSR count). The van der Waals surface area contributed by atoms with E-state index in [9.17, 15) is 9.59 Å². The van der Waals surface area contributed by atoms with Gasteiger partial charge in [-0.1, -0.05) is 6.92 Å². The van der Waals surface area contributed by atoms with Crippen LogP contribution in [0.1, 0.15) is 44.6 Å². The van der Waals surface area contributed by atoms with Crippen LogP contribution in [0, 0.1) is 0 Å². The van der Waals surface area contributed by atoms with Gasteiger partial charge in [0.25, 0.3) is 0 Å². The van der Waals surface area contributed by atoms with Gasteiger partial charge in [-0.05, 0) is 20.8 Å². The predicted octanol–water partition coefficient (Wildman–Crippen LogP) is 2.36. The second-order valence-electron chi connectivity index (χ2n) is 4.94. The Bertz CT molecular complexity index is 458. The molecular formula is C12H19N3O3. The zero-order chi connectivity index (χ0) is 13.9. The van der Waals surface area contributed by atoms with Crippen LogP contribution in [-0.4, -0.2) is 27.3 Å². The van der Waals surface area contributed by atoms with Gasteiger partial charge < -0.3 is 4.74 Å². The Hall–Kier alpha value is -1.85. The van der Waals surface area contributed by atoms with Crippen LogP contribution in [0.15, 0.2) is 6.07 Å². The number of Topliss-reactive ketones (excluding diaryl/α,β-unsaturated/α-hetero) is 1. The number of carbonyl (C=O) groups excluding carboxylic acids is 2. The van der Waals surface area contributed by atoms with Crippen LogP contribution < -0.4 is 5.32 Å². The first-order chi connectivity index (χ1) is 8.23. The average molecular weight is 253 g/mol. The molecule has 18 heavy (non-hydrogen) atoms. The van der Waals surface area contributed by atoms with Crippen molar-refractivity contribution in [3.05, 3.63) is 11.8 Å². The highest BCUT2D eigenvalue weighted by Gasteiger charge is 2.18. The molecule has 0 bridgehead atoms. The van der Waals surface area contributed by atoms with Crippen molar-refractivity contribution in [2.45, 2.75) is 39.7 Å². The van der Waals surface area contributed by atoms with Crippen molar-refractivity contribution in [1.29, 1.82) is 0 Å². The van der Waals surface area contributed by atoms with Gasteiger partial charge in [0.15, 0.2) is 5.78 Å². The highest BCUT2D eigenvalue weighted by Crippen LogP contribution is 2.13. The molecule has 0 fully saturated rings. The Kier molecular flexibility index (Phi) is 4.11. The molecule has 0 radical (unpaired) electrons. The molecular weight excluding hydrogens is 234 g/mol. The SMILES string of the molecule is CCC(=O)c1cc(NC(=O)OC(C)(C)C)n(C)n1. The van der Waals surface area contributed by atoms with E-state index in [1.807, 2.05) is 0 Å². The minimum Gasteiger partial charge on any atom is -0.444 e. The summed E-state index contributed by atoms with van der Waals surface area (Å²) in [4.78, 5) is 23.0. The fraction of sp³-hybridized carbons (Fsp3) is 0.583. The third-order valence-electron chi connectivity index (χ3n) is 2.12. The summed E-state index contributed by atoms with van der Waals surface area (Å²) in [7, 11) is 1.65. The second kappa shape index (κ2) is 5.20. The van der Waals surface area contributed by atoms with Gasteiger partial charge in [-0.2, -0.15) is 5.10 Å². The van der Waals surface area contributed by atoms with Gasteiger partial charge in [-0.15, -0.1) is 0 Å². The number of hydrogen-bond donors (Lipinski definition) is 1. The zero-order valence-corrected chi connectivity index (χ0v) is 11.4. The molecule has 1 aromatic rings. The van der Waals surface area contributed by atoms with Crippen LogP contribution in [0.5, 0.6) is 0 Å².